The predicted octanol–water partition coefficient (Wildman–Crippen LogP) is 4.46. The van der Waals surface area contributed by atoms with Gasteiger partial charge in [0.2, 0.25) is 0 Å². The van der Waals surface area contributed by atoms with Crippen LogP contribution in [0.15, 0.2) is 18.2 Å². The van der Waals surface area contributed by atoms with Crippen molar-refractivity contribution in [2.45, 2.75) is 52.9 Å². The van der Waals surface area contributed by atoms with Crippen LogP contribution in [0.2, 0.25) is 0 Å². The number of rotatable bonds is 4. The summed E-state index contributed by atoms with van der Waals surface area (Å²) in [6.45, 7) is 8.98. The molecular formula is C14H22. The van der Waals surface area contributed by atoms with E-state index in [-0.39, 0.29) is 0 Å². The lowest BCUT2D eigenvalue weighted by molar-refractivity contribution is 0.788. The van der Waals surface area contributed by atoms with Crippen molar-refractivity contribution in [1.82, 2.24) is 0 Å². The van der Waals surface area contributed by atoms with Gasteiger partial charge in [-0.3, -0.25) is 0 Å². The Bertz CT molecular complexity index is 284. The van der Waals surface area contributed by atoms with Gasteiger partial charge in [0.15, 0.2) is 0 Å². The van der Waals surface area contributed by atoms with Crippen molar-refractivity contribution in [2.24, 2.45) is 0 Å². The van der Waals surface area contributed by atoms with Crippen LogP contribution in [-0.4, -0.2) is 0 Å². The molecule has 1 rings (SSSR count). The van der Waals surface area contributed by atoms with E-state index >= 15 is 0 Å². The highest BCUT2D eigenvalue weighted by atomic mass is 14.1. The second-order valence-electron chi connectivity index (χ2n) is 4.44. The highest BCUT2D eigenvalue weighted by molar-refractivity contribution is 5.32. The summed E-state index contributed by atoms with van der Waals surface area (Å²) in [5.41, 5.74) is 4.45. The van der Waals surface area contributed by atoms with E-state index < -0.39 is 0 Å². The quantitative estimate of drug-likeness (QED) is 0.657. The minimum atomic E-state index is 0.647. The van der Waals surface area contributed by atoms with E-state index in [1.54, 1.807) is 0 Å². The molecule has 0 unspecified atom stereocenters. The van der Waals surface area contributed by atoms with Crippen LogP contribution in [0, 0.1) is 6.92 Å². The summed E-state index contributed by atoms with van der Waals surface area (Å²) in [5.74, 6) is 0.647. The van der Waals surface area contributed by atoms with E-state index in [0.29, 0.717) is 5.92 Å². The second kappa shape index (κ2) is 5.19. The Morgan fingerprint density at radius 3 is 2.43 bits per heavy atom. The number of hydrogen-bond acceptors (Lipinski definition) is 0. The fourth-order valence-electron chi connectivity index (χ4n) is 1.73. The Morgan fingerprint density at radius 2 is 1.93 bits per heavy atom. The van der Waals surface area contributed by atoms with Crippen LogP contribution in [0.4, 0.5) is 0 Å². The molecule has 0 saturated carbocycles. The van der Waals surface area contributed by atoms with Gasteiger partial charge in [0.1, 0.15) is 0 Å². The highest BCUT2D eigenvalue weighted by Crippen LogP contribution is 2.19. The third-order valence-corrected chi connectivity index (χ3v) is 2.83. The maximum atomic E-state index is 2.34. The van der Waals surface area contributed by atoms with Crippen molar-refractivity contribution in [3.63, 3.8) is 0 Å². The van der Waals surface area contributed by atoms with Gasteiger partial charge in [0.05, 0.1) is 0 Å². The first kappa shape index (κ1) is 11.3. The van der Waals surface area contributed by atoms with E-state index in [0.717, 1.165) is 0 Å². The SMILES string of the molecule is CCCCc1ccc(C(C)C)cc1C. The Morgan fingerprint density at radius 1 is 1.21 bits per heavy atom. The summed E-state index contributed by atoms with van der Waals surface area (Å²) in [6, 6.07) is 6.93. The van der Waals surface area contributed by atoms with Gasteiger partial charge in [-0.2, -0.15) is 0 Å². The molecule has 0 nitrogen and oxygen atoms in total. The fraction of sp³-hybridized carbons (Fsp3) is 0.571. The lowest BCUT2D eigenvalue weighted by Crippen LogP contribution is -1.93. The lowest BCUT2D eigenvalue weighted by atomic mass is 9.96. The number of unbranched alkanes of at least 4 members (excludes halogenated alkanes) is 1. The lowest BCUT2D eigenvalue weighted by Gasteiger charge is -2.10. The molecule has 0 heterocycles. The Kier molecular flexibility index (Phi) is 4.19. The Balaban J connectivity index is 2.79. The van der Waals surface area contributed by atoms with Crippen LogP contribution in [0.1, 0.15) is 56.2 Å². The molecule has 0 heteroatoms. The molecule has 0 aliphatic heterocycles. The van der Waals surface area contributed by atoms with Crippen molar-refractivity contribution in [1.29, 1.82) is 0 Å². The van der Waals surface area contributed by atoms with Gasteiger partial charge in [-0.25, -0.2) is 0 Å². The van der Waals surface area contributed by atoms with Gasteiger partial charge in [-0.15, -0.1) is 0 Å². The molecule has 0 aliphatic carbocycles. The highest BCUT2D eigenvalue weighted by Gasteiger charge is 2.02. The van der Waals surface area contributed by atoms with E-state index in [4.69, 9.17) is 0 Å². The minimum Gasteiger partial charge on any atom is -0.0654 e. The van der Waals surface area contributed by atoms with E-state index in [9.17, 15) is 0 Å². The van der Waals surface area contributed by atoms with Crippen LogP contribution >= 0.6 is 0 Å². The average molecular weight is 190 g/mol. The van der Waals surface area contributed by atoms with Gasteiger partial charge < -0.3 is 0 Å². The molecule has 0 spiro atoms. The second-order valence-corrected chi connectivity index (χ2v) is 4.44. The van der Waals surface area contributed by atoms with Gasteiger partial charge in [0, 0.05) is 0 Å². The van der Waals surface area contributed by atoms with Crippen molar-refractivity contribution in [3.05, 3.63) is 34.9 Å². The molecular weight excluding hydrogens is 168 g/mol. The van der Waals surface area contributed by atoms with Crippen LogP contribution in [0.3, 0.4) is 0 Å². The topological polar surface area (TPSA) is 0 Å². The molecule has 1 aromatic rings. The zero-order valence-corrected chi connectivity index (χ0v) is 9.93. The first-order valence-corrected chi connectivity index (χ1v) is 5.74. The summed E-state index contributed by atoms with van der Waals surface area (Å²) in [7, 11) is 0. The average Bonchev–Trinajstić information content (AvgIpc) is 2.15. The van der Waals surface area contributed by atoms with Crippen LogP contribution in [0.5, 0.6) is 0 Å². The third kappa shape index (κ3) is 2.87. The van der Waals surface area contributed by atoms with Crippen molar-refractivity contribution >= 4 is 0 Å². The summed E-state index contributed by atoms with van der Waals surface area (Å²) in [6.07, 6.45) is 3.83. The van der Waals surface area contributed by atoms with Crippen molar-refractivity contribution in [2.75, 3.05) is 0 Å². The summed E-state index contributed by atoms with van der Waals surface area (Å²) in [5, 5.41) is 0. The largest absolute Gasteiger partial charge is 0.0654 e. The normalized spacial score (nSPS) is 10.9. The summed E-state index contributed by atoms with van der Waals surface area (Å²) in [4.78, 5) is 0. The van der Waals surface area contributed by atoms with Crippen LogP contribution in [-0.2, 0) is 6.42 Å². The molecule has 0 aromatic heterocycles. The maximum Gasteiger partial charge on any atom is -0.0219 e. The third-order valence-electron chi connectivity index (χ3n) is 2.83. The first-order chi connectivity index (χ1) is 6.65. The Labute approximate surface area is 88.4 Å². The molecule has 0 bridgehead atoms. The van der Waals surface area contributed by atoms with Crippen molar-refractivity contribution in [3.8, 4) is 0 Å². The molecule has 0 amide bonds. The number of benzene rings is 1. The smallest absolute Gasteiger partial charge is 0.0219 e. The van der Waals surface area contributed by atoms with Gasteiger partial charge in [-0.05, 0) is 42.4 Å². The molecule has 0 aliphatic rings. The summed E-state index contributed by atoms with van der Waals surface area (Å²) >= 11 is 0. The number of aryl methyl sites for hydroxylation is 2. The predicted molar refractivity (Wildman–Crippen MR) is 63.9 cm³/mol. The molecule has 0 atom stereocenters. The minimum absolute atomic E-state index is 0.647. The number of hydrogen-bond donors (Lipinski definition) is 0. The molecule has 1 aromatic carbocycles. The first-order valence-electron chi connectivity index (χ1n) is 5.74. The van der Waals surface area contributed by atoms with Gasteiger partial charge in [0.25, 0.3) is 0 Å². The van der Waals surface area contributed by atoms with E-state index in [2.05, 4.69) is 45.9 Å². The van der Waals surface area contributed by atoms with Crippen molar-refractivity contribution < 1.29 is 0 Å². The summed E-state index contributed by atoms with van der Waals surface area (Å²) < 4.78 is 0. The Hall–Kier alpha value is -0.780. The zero-order chi connectivity index (χ0) is 10.6. The molecule has 0 N–H and O–H groups in total. The fourth-order valence-corrected chi connectivity index (χ4v) is 1.73. The zero-order valence-electron chi connectivity index (χ0n) is 9.93. The van der Waals surface area contributed by atoms with Crippen LogP contribution < -0.4 is 0 Å². The standard InChI is InChI=1S/C14H22/c1-5-6-7-13-8-9-14(11(2)3)10-12(13)4/h8-11H,5-7H2,1-4H3. The molecule has 0 fully saturated rings. The monoisotopic (exact) mass is 190 g/mol. The molecule has 14 heavy (non-hydrogen) atoms. The van der Waals surface area contributed by atoms with Gasteiger partial charge in [-0.1, -0.05) is 45.4 Å². The van der Waals surface area contributed by atoms with Gasteiger partial charge >= 0.3 is 0 Å². The molecule has 0 saturated heterocycles. The molecule has 0 radical (unpaired) electrons. The van der Waals surface area contributed by atoms with E-state index in [1.807, 2.05) is 0 Å². The molecule has 78 valence electrons. The van der Waals surface area contributed by atoms with E-state index in [1.165, 1.54) is 36.0 Å². The maximum absolute atomic E-state index is 2.34. The van der Waals surface area contributed by atoms with Crippen LogP contribution in [0.25, 0.3) is 0 Å².